The SMILES string of the molecule is CC1(C)c2ccccc2-c2cc3c(ccc4ccc(N(c5ccc(-c6ccccc6)cc5)c5ccc6oc7ccccc7c6c5)cc43)cc21. The summed E-state index contributed by atoms with van der Waals surface area (Å²) in [6.07, 6.45) is 0. The minimum Gasteiger partial charge on any atom is -0.456 e. The maximum absolute atomic E-state index is 6.23. The first kappa shape index (κ1) is 27.9. The largest absolute Gasteiger partial charge is 0.456 e. The van der Waals surface area contributed by atoms with Crippen LogP contribution >= 0.6 is 0 Å². The summed E-state index contributed by atoms with van der Waals surface area (Å²) in [5.41, 5.74) is 13.0. The fourth-order valence-electron chi connectivity index (χ4n) is 8.11. The average molecular weight is 628 g/mol. The summed E-state index contributed by atoms with van der Waals surface area (Å²) in [5, 5.41) is 7.27. The molecule has 0 atom stereocenters. The lowest BCUT2D eigenvalue weighted by molar-refractivity contribution is 0.661. The van der Waals surface area contributed by atoms with E-state index in [-0.39, 0.29) is 5.41 Å². The van der Waals surface area contributed by atoms with Crippen molar-refractivity contribution >= 4 is 60.5 Å². The third kappa shape index (κ3) is 4.27. The molecule has 0 saturated heterocycles. The van der Waals surface area contributed by atoms with Gasteiger partial charge in [-0.3, -0.25) is 0 Å². The monoisotopic (exact) mass is 627 g/mol. The summed E-state index contributed by atoms with van der Waals surface area (Å²) in [5.74, 6) is 0. The molecule has 0 amide bonds. The first-order chi connectivity index (χ1) is 24.0. The third-order valence-electron chi connectivity index (χ3n) is 10.6. The van der Waals surface area contributed by atoms with Gasteiger partial charge in [-0.05, 0) is 116 Å². The van der Waals surface area contributed by atoms with Crippen LogP contribution in [0.2, 0.25) is 0 Å². The molecule has 1 aromatic heterocycles. The van der Waals surface area contributed by atoms with Crippen LogP contribution in [0.1, 0.15) is 25.0 Å². The van der Waals surface area contributed by atoms with Crippen molar-refractivity contribution in [1.29, 1.82) is 0 Å². The number of benzene rings is 8. The third-order valence-corrected chi connectivity index (χ3v) is 10.6. The van der Waals surface area contributed by atoms with Crippen LogP contribution in [0.15, 0.2) is 168 Å². The van der Waals surface area contributed by atoms with Crippen LogP contribution in [0.4, 0.5) is 17.1 Å². The molecule has 0 fully saturated rings. The lowest BCUT2D eigenvalue weighted by Gasteiger charge is -2.26. The van der Waals surface area contributed by atoms with Gasteiger partial charge in [-0.15, -0.1) is 0 Å². The van der Waals surface area contributed by atoms with Gasteiger partial charge < -0.3 is 9.32 Å². The normalized spacial score (nSPS) is 13.3. The Bertz CT molecular complexity index is 2730. The van der Waals surface area contributed by atoms with Crippen LogP contribution < -0.4 is 4.90 Å². The Hall–Kier alpha value is -6.12. The zero-order chi connectivity index (χ0) is 32.7. The molecule has 9 aromatic rings. The van der Waals surface area contributed by atoms with Gasteiger partial charge in [0.05, 0.1) is 0 Å². The quantitative estimate of drug-likeness (QED) is 0.181. The second kappa shape index (κ2) is 10.4. The van der Waals surface area contributed by atoms with Gasteiger partial charge in [0.2, 0.25) is 0 Å². The molecule has 0 bridgehead atoms. The molecule has 1 aliphatic carbocycles. The number of anilines is 3. The van der Waals surface area contributed by atoms with Crippen LogP contribution in [0.3, 0.4) is 0 Å². The summed E-state index contributed by atoms with van der Waals surface area (Å²) in [6, 6.07) is 59.5. The minimum absolute atomic E-state index is 0.0322. The zero-order valence-electron chi connectivity index (χ0n) is 27.4. The van der Waals surface area contributed by atoms with Crippen LogP contribution in [0.25, 0.3) is 65.7 Å². The molecule has 0 saturated carbocycles. The van der Waals surface area contributed by atoms with Gasteiger partial charge in [0, 0.05) is 33.2 Å². The minimum atomic E-state index is -0.0322. The van der Waals surface area contributed by atoms with Crippen molar-refractivity contribution < 1.29 is 4.42 Å². The van der Waals surface area contributed by atoms with Crippen LogP contribution in [0.5, 0.6) is 0 Å². The van der Waals surface area contributed by atoms with Crippen molar-refractivity contribution in [1.82, 2.24) is 0 Å². The van der Waals surface area contributed by atoms with Crippen molar-refractivity contribution in [3.05, 3.63) is 175 Å². The molecule has 8 aromatic carbocycles. The Morgan fingerprint density at radius 2 is 1.02 bits per heavy atom. The van der Waals surface area contributed by atoms with Gasteiger partial charge in [-0.25, -0.2) is 0 Å². The summed E-state index contributed by atoms with van der Waals surface area (Å²) in [6.45, 7) is 4.70. The van der Waals surface area contributed by atoms with E-state index in [9.17, 15) is 0 Å². The molecule has 0 radical (unpaired) electrons. The Labute approximate surface area is 285 Å². The smallest absolute Gasteiger partial charge is 0.135 e. The molecule has 0 unspecified atom stereocenters. The highest BCUT2D eigenvalue weighted by Gasteiger charge is 2.35. The standard InChI is InChI=1S/C47H33NO/c1-47(2)43-14-8-6-12-37(43)41-29-40-33(26-44(41)47)17-16-32-20-23-35(27-39(32)40)48(34-21-18-31(19-22-34)30-10-4-3-5-11-30)36-24-25-46-42(28-36)38-13-7-9-15-45(38)49-46/h3-29H,1-2H3. The van der Waals surface area contributed by atoms with E-state index < -0.39 is 0 Å². The number of para-hydroxylation sites is 1. The Balaban J connectivity index is 1.19. The topological polar surface area (TPSA) is 16.4 Å². The number of furan rings is 1. The lowest BCUT2D eigenvalue weighted by atomic mass is 9.81. The van der Waals surface area contributed by atoms with Crippen molar-refractivity contribution in [3.63, 3.8) is 0 Å². The van der Waals surface area contributed by atoms with Gasteiger partial charge in [-0.2, -0.15) is 0 Å². The van der Waals surface area contributed by atoms with Crippen molar-refractivity contribution in [2.45, 2.75) is 19.3 Å². The van der Waals surface area contributed by atoms with E-state index in [1.165, 1.54) is 54.9 Å². The number of hydrogen-bond donors (Lipinski definition) is 0. The Kier molecular flexibility index (Phi) is 5.95. The second-order valence-corrected chi connectivity index (χ2v) is 13.8. The van der Waals surface area contributed by atoms with E-state index >= 15 is 0 Å². The van der Waals surface area contributed by atoms with Gasteiger partial charge in [-0.1, -0.05) is 117 Å². The maximum atomic E-state index is 6.23. The summed E-state index contributed by atoms with van der Waals surface area (Å²) in [4.78, 5) is 2.38. The van der Waals surface area contributed by atoms with Gasteiger partial charge >= 0.3 is 0 Å². The fraction of sp³-hybridized carbons (Fsp3) is 0.0638. The molecule has 232 valence electrons. The highest BCUT2D eigenvalue weighted by molar-refractivity contribution is 6.12. The summed E-state index contributed by atoms with van der Waals surface area (Å²) in [7, 11) is 0. The van der Waals surface area contributed by atoms with E-state index in [2.05, 4.69) is 170 Å². The number of rotatable bonds is 4. The number of fused-ring (bicyclic) bond motifs is 9. The lowest BCUT2D eigenvalue weighted by Crippen LogP contribution is -2.14. The van der Waals surface area contributed by atoms with E-state index in [4.69, 9.17) is 4.42 Å². The van der Waals surface area contributed by atoms with Gasteiger partial charge in [0.25, 0.3) is 0 Å². The first-order valence-electron chi connectivity index (χ1n) is 17.0. The van der Waals surface area contributed by atoms with Crippen LogP contribution in [0, 0.1) is 0 Å². The highest BCUT2D eigenvalue weighted by Crippen LogP contribution is 2.50. The van der Waals surface area contributed by atoms with Crippen molar-refractivity contribution in [3.8, 4) is 22.3 Å². The maximum Gasteiger partial charge on any atom is 0.135 e. The van der Waals surface area contributed by atoms with E-state index in [1.807, 2.05) is 12.1 Å². The number of hydrogen-bond acceptors (Lipinski definition) is 2. The van der Waals surface area contributed by atoms with Crippen LogP contribution in [-0.4, -0.2) is 0 Å². The summed E-state index contributed by atoms with van der Waals surface area (Å²) >= 11 is 0. The molecule has 2 heteroatoms. The van der Waals surface area contributed by atoms with E-state index in [0.717, 1.165) is 39.0 Å². The molecular weight excluding hydrogens is 595 g/mol. The summed E-state index contributed by atoms with van der Waals surface area (Å²) < 4.78 is 6.23. The Morgan fingerprint density at radius 1 is 0.408 bits per heavy atom. The zero-order valence-corrected chi connectivity index (χ0v) is 27.4. The molecule has 0 N–H and O–H groups in total. The van der Waals surface area contributed by atoms with Crippen LogP contribution in [-0.2, 0) is 5.41 Å². The number of nitrogens with zero attached hydrogens (tertiary/aromatic N) is 1. The molecule has 1 aliphatic rings. The highest BCUT2D eigenvalue weighted by atomic mass is 16.3. The average Bonchev–Trinajstić information content (AvgIpc) is 3.63. The van der Waals surface area contributed by atoms with Gasteiger partial charge in [0.15, 0.2) is 0 Å². The van der Waals surface area contributed by atoms with E-state index in [1.54, 1.807) is 0 Å². The molecule has 49 heavy (non-hydrogen) atoms. The van der Waals surface area contributed by atoms with Gasteiger partial charge in [0.1, 0.15) is 11.2 Å². The molecule has 1 heterocycles. The predicted octanol–water partition coefficient (Wildman–Crippen LogP) is 13.3. The second-order valence-electron chi connectivity index (χ2n) is 13.8. The van der Waals surface area contributed by atoms with E-state index in [0.29, 0.717) is 0 Å². The predicted molar refractivity (Wildman–Crippen MR) is 206 cm³/mol. The molecular formula is C47H33NO. The van der Waals surface area contributed by atoms with Crippen molar-refractivity contribution in [2.75, 3.05) is 4.90 Å². The van der Waals surface area contributed by atoms with Crippen molar-refractivity contribution in [2.24, 2.45) is 0 Å². The molecule has 2 nitrogen and oxygen atoms in total. The molecule has 0 spiro atoms. The fourth-order valence-corrected chi connectivity index (χ4v) is 8.11. The molecule has 10 rings (SSSR count). The molecule has 0 aliphatic heterocycles. The first-order valence-corrected chi connectivity index (χ1v) is 17.0. The Morgan fingerprint density at radius 3 is 1.88 bits per heavy atom.